The summed E-state index contributed by atoms with van der Waals surface area (Å²) in [4.78, 5) is 10.2. The zero-order chi connectivity index (χ0) is 13.2. The van der Waals surface area contributed by atoms with Gasteiger partial charge in [0, 0.05) is 35.3 Å². The van der Waals surface area contributed by atoms with Crippen LogP contribution in [0.5, 0.6) is 5.75 Å². The van der Waals surface area contributed by atoms with Gasteiger partial charge in [-0.1, -0.05) is 0 Å². The van der Waals surface area contributed by atoms with Gasteiger partial charge in [-0.05, 0) is 12.8 Å². The molecule has 0 bridgehead atoms. The van der Waals surface area contributed by atoms with Gasteiger partial charge in [0.05, 0.1) is 18.4 Å². The molecule has 0 saturated carbocycles. The van der Waals surface area contributed by atoms with Crippen molar-refractivity contribution in [1.82, 2.24) is 9.97 Å². The summed E-state index contributed by atoms with van der Waals surface area (Å²) in [5, 5.41) is 9.13. The lowest BCUT2D eigenvalue weighted by molar-refractivity contribution is 0.466. The number of nitrogens with zero attached hydrogens (tertiary/aromatic N) is 4. The molecule has 0 atom stereocenters. The van der Waals surface area contributed by atoms with Crippen LogP contribution in [0.15, 0.2) is 16.8 Å². The highest BCUT2D eigenvalue weighted by Gasteiger charge is 2.20. The molecule has 100 valence electrons. The van der Waals surface area contributed by atoms with Crippen molar-refractivity contribution in [1.29, 1.82) is 0 Å². The van der Waals surface area contributed by atoms with Gasteiger partial charge < -0.3 is 10.0 Å². The van der Waals surface area contributed by atoms with Crippen LogP contribution in [0.25, 0.3) is 0 Å². The Morgan fingerprint density at radius 3 is 2.39 bits per heavy atom. The van der Waals surface area contributed by atoms with E-state index in [9.17, 15) is 4.21 Å². The van der Waals surface area contributed by atoms with Crippen LogP contribution in [-0.2, 0) is 9.73 Å². The predicted molar refractivity (Wildman–Crippen MR) is 71.4 cm³/mol. The molecular formula is C11H18N4O2S. The van der Waals surface area contributed by atoms with Gasteiger partial charge in [0.15, 0.2) is 5.75 Å². The van der Waals surface area contributed by atoms with Crippen LogP contribution >= 0.6 is 0 Å². The Hall–Kier alpha value is -1.37. The van der Waals surface area contributed by atoms with Crippen LogP contribution in [0.4, 0.5) is 5.95 Å². The molecule has 2 rings (SSSR count). The lowest BCUT2D eigenvalue weighted by Gasteiger charge is -2.30. The summed E-state index contributed by atoms with van der Waals surface area (Å²) >= 11 is 0. The zero-order valence-electron chi connectivity index (χ0n) is 10.6. The minimum atomic E-state index is -2.02. The molecule has 7 heteroatoms. The van der Waals surface area contributed by atoms with E-state index in [2.05, 4.69) is 19.2 Å². The third-order valence-electron chi connectivity index (χ3n) is 2.77. The number of anilines is 1. The SMILES string of the molecule is CS(C)(=O)=NC1CCN(c2ncc(O)cn2)CC1. The van der Waals surface area contributed by atoms with Crippen LogP contribution in [0, 0.1) is 0 Å². The Bertz CT molecular complexity index is 506. The van der Waals surface area contributed by atoms with Crippen molar-refractivity contribution in [3.63, 3.8) is 0 Å². The molecule has 1 saturated heterocycles. The molecule has 0 aliphatic carbocycles. The molecule has 0 amide bonds. The number of hydrogen-bond donors (Lipinski definition) is 1. The summed E-state index contributed by atoms with van der Waals surface area (Å²) < 4.78 is 15.9. The molecule has 1 N–H and O–H groups in total. The van der Waals surface area contributed by atoms with Crippen molar-refractivity contribution in [3.8, 4) is 5.75 Å². The molecule has 2 heterocycles. The molecule has 1 aromatic rings. The quantitative estimate of drug-likeness (QED) is 0.863. The number of rotatable bonds is 2. The fourth-order valence-corrected chi connectivity index (χ4v) is 2.94. The Morgan fingerprint density at radius 2 is 1.89 bits per heavy atom. The van der Waals surface area contributed by atoms with Gasteiger partial charge in [-0.25, -0.2) is 14.3 Å². The monoisotopic (exact) mass is 270 g/mol. The molecule has 1 aromatic heterocycles. The predicted octanol–water partition coefficient (Wildman–Crippen LogP) is 0.879. The average molecular weight is 270 g/mol. The molecule has 0 unspecified atom stereocenters. The van der Waals surface area contributed by atoms with Gasteiger partial charge in [-0.15, -0.1) is 0 Å². The summed E-state index contributed by atoms with van der Waals surface area (Å²) in [5.41, 5.74) is 0. The first-order valence-corrected chi connectivity index (χ1v) is 8.19. The van der Waals surface area contributed by atoms with E-state index in [1.165, 1.54) is 12.4 Å². The van der Waals surface area contributed by atoms with Gasteiger partial charge in [0.1, 0.15) is 0 Å². The van der Waals surface area contributed by atoms with Crippen LogP contribution in [0.3, 0.4) is 0 Å². The molecule has 1 fully saturated rings. The maximum absolute atomic E-state index is 11.6. The molecule has 0 radical (unpaired) electrons. The molecule has 0 spiro atoms. The topological polar surface area (TPSA) is 78.7 Å². The molecule has 0 aromatic carbocycles. The highest BCUT2D eigenvalue weighted by Crippen LogP contribution is 2.19. The first-order chi connectivity index (χ1) is 8.44. The Labute approximate surface area is 107 Å². The third-order valence-corrected chi connectivity index (χ3v) is 3.58. The number of aromatic nitrogens is 2. The first kappa shape index (κ1) is 13.1. The minimum absolute atomic E-state index is 0.0698. The second-order valence-corrected chi connectivity index (χ2v) is 7.32. The summed E-state index contributed by atoms with van der Waals surface area (Å²) in [5.74, 6) is 0.695. The van der Waals surface area contributed by atoms with E-state index >= 15 is 0 Å². The smallest absolute Gasteiger partial charge is 0.225 e. The van der Waals surface area contributed by atoms with Crippen molar-refractivity contribution < 1.29 is 9.32 Å². The van der Waals surface area contributed by atoms with Crippen molar-refractivity contribution >= 4 is 15.7 Å². The van der Waals surface area contributed by atoms with E-state index in [0.717, 1.165) is 25.9 Å². The average Bonchev–Trinajstić information content (AvgIpc) is 2.29. The van der Waals surface area contributed by atoms with E-state index in [1.54, 1.807) is 12.5 Å². The fraction of sp³-hybridized carbons (Fsp3) is 0.636. The summed E-state index contributed by atoms with van der Waals surface area (Å²) in [6, 6.07) is 0.167. The Balaban J connectivity index is 1.99. The fourth-order valence-electron chi connectivity index (χ4n) is 2.01. The zero-order valence-corrected chi connectivity index (χ0v) is 11.4. The second kappa shape index (κ2) is 5.09. The normalized spacial score (nSPS) is 17.8. The lowest BCUT2D eigenvalue weighted by Crippen LogP contribution is -2.36. The highest BCUT2D eigenvalue weighted by atomic mass is 32.2. The highest BCUT2D eigenvalue weighted by molar-refractivity contribution is 7.92. The summed E-state index contributed by atoms with van der Waals surface area (Å²) in [6.45, 7) is 1.60. The summed E-state index contributed by atoms with van der Waals surface area (Å²) in [6.07, 6.45) is 7.85. The lowest BCUT2D eigenvalue weighted by atomic mass is 10.1. The second-order valence-electron chi connectivity index (χ2n) is 4.75. The van der Waals surface area contributed by atoms with Gasteiger partial charge in [-0.2, -0.15) is 0 Å². The number of aromatic hydroxyl groups is 1. The van der Waals surface area contributed by atoms with Crippen molar-refractivity contribution in [2.45, 2.75) is 18.9 Å². The maximum Gasteiger partial charge on any atom is 0.225 e. The van der Waals surface area contributed by atoms with Crippen LogP contribution in [-0.4, -0.2) is 50.9 Å². The van der Waals surface area contributed by atoms with E-state index < -0.39 is 9.73 Å². The van der Waals surface area contributed by atoms with Gasteiger partial charge >= 0.3 is 0 Å². The largest absolute Gasteiger partial charge is 0.505 e. The molecule has 1 aliphatic rings. The van der Waals surface area contributed by atoms with Crippen LogP contribution < -0.4 is 4.90 Å². The first-order valence-electron chi connectivity index (χ1n) is 5.86. The molecule has 1 aliphatic heterocycles. The van der Waals surface area contributed by atoms with Crippen molar-refractivity contribution in [3.05, 3.63) is 12.4 Å². The van der Waals surface area contributed by atoms with E-state index in [4.69, 9.17) is 5.11 Å². The number of piperidine rings is 1. The van der Waals surface area contributed by atoms with E-state index in [1.807, 2.05) is 0 Å². The Morgan fingerprint density at radius 1 is 1.33 bits per heavy atom. The van der Waals surface area contributed by atoms with E-state index in [-0.39, 0.29) is 11.8 Å². The Kier molecular flexibility index (Phi) is 3.70. The van der Waals surface area contributed by atoms with Gasteiger partial charge in [0.25, 0.3) is 0 Å². The van der Waals surface area contributed by atoms with Gasteiger partial charge in [0.2, 0.25) is 5.95 Å². The van der Waals surface area contributed by atoms with Gasteiger partial charge in [-0.3, -0.25) is 4.21 Å². The van der Waals surface area contributed by atoms with Crippen LogP contribution in [0.2, 0.25) is 0 Å². The molecule has 6 nitrogen and oxygen atoms in total. The third kappa shape index (κ3) is 3.56. The van der Waals surface area contributed by atoms with E-state index in [0.29, 0.717) is 5.95 Å². The minimum Gasteiger partial charge on any atom is -0.505 e. The molecule has 18 heavy (non-hydrogen) atoms. The number of hydrogen-bond acceptors (Lipinski definition) is 6. The van der Waals surface area contributed by atoms with Crippen molar-refractivity contribution in [2.75, 3.05) is 30.5 Å². The maximum atomic E-state index is 11.6. The molecular weight excluding hydrogens is 252 g/mol. The standard InChI is InChI=1S/C11H18N4O2S/c1-18(2,17)14-9-3-5-15(6-4-9)11-12-7-10(16)8-13-11/h7-9,16H,3-6H2,1-2H3. The van der Waals surface area contributed by atoms with Crippen LogP contribution in [0.1, 0.15) is 12.8 Å². The summed E-state index contributed by atoms with van der Waals surface area (Å²) in [7, 11) is -2.02. The van der Waals surface area contributed by atoms with Crippen molar-refractivity contribution in [2.24, 2.45) is 4.36 Å².